The van der Waals surface area contributed by atoms with Gasteiger partial charge in [-0.05, 0) is 61.4 Å². The average Bonchev–Trinajstić information content (AvgIpc) is 3.44. The van der Waals surface area contributed by atoms with Gasteiger partial charge >= 0.3 is 0 Å². The van der Waals surface area contributed by atoms with E-state index in [1.807, 2.05) is 41.3 Å². The highest BCUT2D eigenvalue weighted by atomic mass is 35.5. The van der Waals surface area contributed by atoms with Crippen LogP contribution in [0, 0.1) is 13.8 Å². The van der Waals surface area contributed by atoms with E-state index in [0.29, 0.717) is 49.9 Å². The fraction of sp³-hybridized carbons (Fsp3) is 0.360. The van der Waals surface area contributed by atoms with E-state index in [4.69, 9.17) is 26.2 Å². The van der Waals surface area contributed by atoms with Crippen molar-refractivity contribution in [3.63, 3.8) is 0 Å². The van der Waals surface area contributed by atoms with Gasteiger partial charge in [0.25, 0.3) is 5.91 Å². The van der Waals surface area contributed by atoms with Gasteiger partial charge in [-0.1, -0.05) is 23.7 Å². The van der Waals surface area contributed by atoms with E-state index < -0.39 is 5.79 Å². The van der Waals surface area contributed by atoms with E-state index in [0.717, 1.165) is 16.9 Å². The van der Waals surface area contributed by atoms with Gasteiger partial charge in [0.15, 0.2) is 5.79 Å². The lowest BCUT2D eigenvalue weighted by atomic mass is 10.0. The first kappa shape index (κ1) is 21.2. The Labute approximate surface area is 192 Å². The smallest absolute Gasteiger partial charge is 0.272 e. The molecule has 0 atom stereocenters. The van der Waals surface area contributed by atoms with Gasteiger partial charge in [0.2, 0.25) is 0 Å². The minimum absolute atomic E-state index is 0.0459. The van der Waals surface area contributed by atoms with Gasteiger partial charge in [0, 0.05) is 36.5 Å². The Bertz CT molecular complexity index is 1140. The Hall–Kier alpha value is -2.67. The van der Waals surface area contributed by atoms with Gasteiger partial charge in [-0.3, -0.25) is 4.79 Å². The largest absolute Gasteiger partial charge is 0.347 e. The maximum Gasteiger partial charge on any atom is 0.272 e. The summed E-state index contributed by atoms with van der Waals surface area (Å²) in [6, 6.07) is 15.5. The maximum absolute atomic E-state index is 13.6. The number of carbonyl (C=O) groups is 1. The van der Waals surface area contributed by atoms with Crippen LogP contribution in [-0.4, -0.2) is 52.7 Å². The molecule has 5 rings (SSSR count). The van der Waals surface area contributed by atoms with Crippen LogP contribution in [0.3, 0.4) is 0 Å². The normalized spacial score (nSPS) is 17.8. The van der Waals surface area contributed by atoms with Gasteiger partial charge in [0.05, 0.1) is 24.6 Å². The van der Waals surface area contributed by atoms with Crippen LogP contribution in [0.15, 0.2) is 48.5 Å². The number of ether oxygens (including phenoxy) is 2. The topological polar surface area (TPSA) is 56.6 Å². The first-order valence-electron chi connectivity index (χ1n) is 10.9. The molecular formula is C25H26ClN3O3. The maximum atomic E-state index is 13.6. The molecular weight excluding hydrogens is 426 g/mol. The second-order valence-electron chi connectivity index (χ2n) is 8.50. The summed E-state index contributed by atoms with van der Waals surface area (Å²) < 4.78 is 13.3. The van der Waals surface area contributed by atoms with E-state index in [1.165, 1.54) is 11.1 Å². The number of amides is 1. The van der Waals surface area contributed by atoms with Crippen LogP contribution in [0.4, 0.5) is 0 Å². The quantitative estimate of drug-likeness (QED) is 0.574. The zero-order valence-electron chi connectivity index (χ0n) is 18.3. The van der Waals surface area contributed by atoms with Crippen LogP contribution in [0.5, 0.6) is 0 Å². The van der Waals surface area contributed by atoms with Crippen LogP contribution < -0.4 is 0 Å². The third-order valence-corrected chi connectivity index (χ3v) is 6.68. The third-order valence-electron chi connectivity index (χ3n) is 6.43. The standard InChI is InChI=1S/C25H26ClN3O3/c1-17-3-4-19(15-18(17)2)22-16-23(29(27-22)21-7-5-20(26)6-8-21)24(30)28-11-9-25(10-12-28)31-13-14-32-25/h3-8,15-16H,9-14H2,1-2H3. The molecule has 32 heavy (non-hydrogen) atoms. The summed E-state index contributed by atoms with van der Waals surface area (Å²) in [6.45, 7) is 6.58. The first-order valence-corrected chi connectivity index (χ1v) is 11.3. The lowest BCUT2D eigenvalue weighted by molar-refractivity contribution is -0.181. The SMILES string of the molecule is Cc1ccc(-c2cc(C(=O)N3CCC4(CC3)OCCO4)n(-c3ccc(Cl)cc3)n2)cc1C. The average molecular weight is 452 g/mol. The molecule has 2 aliphatic rings. The van der Waals surface area contributed by atoms with E-state index in [9.17, 15) is 4.79 Å². The fourth-order valence-electron chi connectivity index (χ4n) is 4.35. The molecule has 1 spiro atoms. The van der Waals surface area contributed by atoms with E-state index >= 15 is 0 Å². The molecule has 3 heterocycles. The molecule has 2 fully saturated rings. The lowest BCUT2D eigenvalue weighted by Gasteiger charge is -2.37. The number of hydrogen-bond donors (Lipinski definition) is 0. The summed E-state index contributed by atoms with van der Waals surface area (Å²) in [5, 5.41) is 5.45. The van der Waals surface area contributed by atoms with Crippen LogP contribution in [0.2, 0.25) is 5.02 Å². The van der Waals surface area contributed by atoms with Crippen LogP contribution in [0.1, 0.15) is 34.5 Å². The number of likely N-dealkylation sites (tertiary alicyclic amines) is 1. The highest BCUT2D eigenvalue weighted by Crippen LogP contribution is 2.32. The Balaban J connectivity index is 1.49. The van der Waals surface area contributed by atoms with Gasteiger partial charge in [-0.25, -0.2) is 4.68 Å². The lowest BCUT2D eigenvalue weighted by Crippen LogP contribution is -2.47. The monoisotopic (exact) mass is 451 g/mol. The van der Waals surface area contributed by atoms with Crippen molar-refractivity contribution < 1.29 is 14.3 Å². The fourth-order valence-corrected chi connectivity index (χ4v) is 4.48. The molecule has 3 aromatic rings. The summed E-state index contributed by atoms with van der Waals surface area (Å²) in [5.41, 5.74) is 5.49. The highest BCUT2D eigenvalue weighted by molar-refractivity contribution is 6.30. The number of rotatable bonds is 3. The summed E-state index contributed by atoms with van der Waals surface area (Å²) >= 11 is 6.09. The molecule has 0 radical (unpaired) electrons. The minimum Gasteiger partial charge on any atom is -0.347 e. The van der Waals surface area contributed by atoms with Gasteiger partial charge in [-0.2, -0.15) is 5.10 Å². The predicted molar refractivity (Wildman–Crippen MR) is 123 cm³/mol. The summed E-state index contributed by atoms with van der Waals surface area (Å²) in [4.78, 5) is 15.5. The zero-order chi connectivity index (χ0) is 22.3. The molecule has 7 heteroatoms. The van der Waals surface area contributed by atoms with Crippen molar-refractivity contribution in [2.24, 2.45) is 0 Å². The van der Waals surface area contributed by atoms with E-state index in [-0.39, 0.29) is 5.91 Å². The molecule has 2 saturated heterocycles. The molecule has 1 aromatic heterocycles. The number of benzene rings is 2. The van der Waals surface area contributed by atoms with Gasteiger partial charge in [0.1, 0.15) is 5.69 Å². The van der Waals surface area contributed by atoms with E-state index in [2.05, 4.69) is 26.0 Å². The Morgan fingerprint density at radius 3 is 2.31 bits per heavy atom. The van der Waals surface area contributed by atoms with E-state index in [1.54, 1.807) is 4.68 Å². The predicted octanol–water partition coefficient (Wildman–Crippen LogP) is 4.79. The number of nitrogens with zero attached hydrogens (tertiary/aromatic N) is 3. The number of halogens is 1. The summed E-state index contributed by atoms with van der Waals surface area (Å²) in [5.74, 6) is -0.562. The number of carbonyl (C=O) groups excluding carboxylic acids is 1. The van der Waals surface area contributed by atoms with Crippen LogP contribution >= 0.6 is 11.6 Å². The van der Waals surface area contributed by atoms with Gasteiger partial charge < -0.3 is 14.4 Å². The van der Waals surface area contributed by atoms with Crippen LogP contribution in [-0.2, 0) is 9.47 Å². The molecule has 0 N–H and O–H groups in total. The Kier molecular flexibility index (Phi) is 5.53. The summed E-state index contributed by atoms with van der Waals surface area (Å²) in [7, 11) is 0. The highest BCUT2D eigenvalue weighted by Gasteiger charge is 2.41. The molecule has 2 aromatic carbocycles. The minimum atomic E-state index is -0.516. The molecule has 0 saturated carbocycles. The van der Waals surface area contributed by atoms with Gasteiger partial charge in [-0.15, -0.1) is 0 Å². The van der Waals surface area contributed by atoms with Crippen molar-refractivity contribution in [2.75, 3.05) is 26.3 Å². The van der Waals surface area contributed by atoms with Crippen molar-refractivity contribution in [2.45, 2.75) is 32.5 Å². The van der Waals surface area contributed by atoms with Crippen molar-refractivity contribution in [1.29, 1.82) is 0 Å². The number of hydrogen-bond acceptors (Lipinski definition) is 4. The zero-order valence-corrected chi connectivity index (χ0v) is 19.1. The molecule has 166 valence electrons. The van der Waals surface area contributed by atoms with Crippen molar-refractivity contribution in [1.82, 2.24) is 14.7 Å². The number of piperidine rings is 1. The first-order chi connectivity index (χ1) is 15.4. The Morgan fingerprint density at radius 1 is 0.969 bits per heavy atom. The summed E-state index contributed by atoms with van der Waals surface area (Å²) in [6.07, 6.45) is 1.36. The molecule has 1 amide bonds. The number of aryl methyl sites for hydroxylation is 2. The molecule has 0 unspecified atom stereocenters. The van der Waals surface area contributed by atoms with Crippen molar-refractivity contribution in [3.05, 3.63) is 70.4 Å². The van der Waals surface area contributed by atoms with Crippen molar-refractivity contribution >= 4 is 17.5 Å². The second kappa shape index (κ2) is 8.35. The molecule has 2 aliphatic heterocycles. The molecule has 0 bridgehead atoms. The Morgan fingerprint density at radius 2 is 1.66 bits per heavy atom. The van der Waals surface area contributed by atoms with Crippen LogP contribution in [0.25, 0.3) is 16.9 Å². The van der Waals surface area contributed by atoms with Crippen molar-refractivity contribution in [3.8, 4) is 16.9 Å². The molecule has 0 aliphatic carbocycles. The second-order valence-corrected chi connectivity index (χ2v) is 8.94. The molecule has 6 nitrogen and oxygen atoms in total. The third kappa shape index (κ3) is 3.94. The number of aromatic nitrogens is 2.